The molecule has 2 aromatic rings. The summed E-state index contributed by atoms with van der Waals surface area (Å²) in [7, 11) is 14.8. The molecule has 3 N–H and O–H groups in total. The standard InChI is InChI=1S/C25H30B2BrNO7/c1-13-8-14(2)22(20(9-13)36-15(3)30)23(4,5)12-21(31)29-25(27,33)24(26,32)16-10-19(35-7)17(28)11-18(16)34-6/h8-11,32-33H,12H2,1-7H3,(H,29,31). The third kappa shape index (κ3) is 6.25. The van der Waals surface area contributed by atoms with Crippen molar-refractivity contribution in [3.63, 3.8) is 0 Å². The molecule has 11 heteroatoms. The summed E-state index contributed by atoms with van der Waals surface area (Å²) in [6, 6.07) is 6.43. The predicted molar refractivity (Wildman–Crippen MR) is 141 cm³/mol. The smallest absolute Gasteiger partial charge is 0.308 e. The van der Waals surface area contributed by atoms with Crippen molar-refractivity contribution >= 4 is 43.5 Å². The summed E-state index contributed by atoms with van der Waals surface area (Å²) in [6.45, 7) is 8.57. The van der Waals surface area contributed by atoms with Crippen molar-refractivity contribution in [2.75, 3.05) is 14.2 Å². The van der Waals surface area contributed by atoms with E-state index in [0.29, 0.717) is 15.8 Å². The number of nitrogens with one attached hydrogen (secondary N) is 1. The number of rotatable bonds is 9. The zero-order chi connectivity index (χ0) is 27.6. The number of aliphatic hydroxyl groups is 2. The Hall–Kier alpha value is -2.49. The van der Waals surface area contributed by atoms with Crippen LogP contribution in [0.5, 0.6) is 17.2 Å². The van der Waals surface area contributed by atoms with Crippen LogP contribution >= 0.6 is 15.9 Å². The lowest BCUT2D eigenvalue weighted by Gasteiger charge is -2.42. The average molecular weight is 558 g/mol. The normalized spacial score (nSPS) is 14.8. The Morgan fingerprint density at radius 1 is 1.00 bits per heavy atom. The minimum absolute atomic E-state index is 0.0902. The van der Waals surface area contributed by atoms with E-state index in [0.717, 1.165) is 11.1 Å². The lowest BCUT2D eigenvalue weighted by molar-refractivity contribution is -0.134. The van der Waals surface area contributed by atoms with Crippen molar-refractivity contribution in [3.8, 4) is 17.2 Å². The van der Waals surface area contributed by atoms with Crippen LogP contribution in [0.15, 0.2) is 28.7 Å². The number of benzene rings is 2. The molecule has 0 aromatic heterocycles. The summed E-state index contributed by atoms with van der Waals surface area (Å²) in [4.78, 5) is 24.8. The quantitative estimate of drug-likeness (QED) is 0.188. The number of hydrogen-bond acceptors (Lipinski definition) is 7. The molecule has 4 radical (unpaired) electrons. The molecule has 2 rings (SSSR count). The van der Waals surface area contributed by atoms with Crippen molar-refractivity contribution in [3.05, 3.63) is 51.0 Å². The van der Waals surface area contributed by atoms with Gasteiger partial charge in [0.15, 0.2) is 0 Å². The highest BCUT2D eigenvalue weighted by atomic mass is 79.9. The molecule has 0 fully saturated rings. The summed E-state index contributed by atoms with van der Waals surface area (Å²) >= 11 is 3.30. The molecule has 2 unspecified atom stereocenters. The molecule has 8 nitrogen and oxygen atoms in total. The van der Waals surface area contributed by atoms with Gasteiger partial charge >= 0.3 is 5.97 Å². The van der Waals surface area contributed by atoms with E-state index in [9.17, 15) is 19.8 Å². The Morgan fingerprint density at radius 3 is 2.11 bits per heavy atom. The van der Waals surface area contributed by atoms with Crippen LogP contribution in [0.3, 0.4) is 0 Å². The van der Waals surface area contributed by atoms with Crippen LogP contribution in [0.25, 0.3) is 0 Å². The first-order chi connectivity index (χ1) is 16.5. The SMILES string of the molecule is [B]C(O)(NC(=O)CC(C)(C)c1c(C)cc(C)cc1OC(C)=O)C([B])(O)c1cc(OC)c(Br)cc1OC. The van der Waals surface area contributed by atoms with Crippen molar-refractivity contribution in [1.82, 2.24) is 5.32 Å². The van der Waals surface area contributed by atoms with Gasteiger partial charge in [-0.2, -0.15) is 0 Å². The molecule has 0 aliphatic heterocycles. The highest BCUT2D eigenvalue weighted by molar-refractivity contribution is 9.10. The molecule has 0 aliphatic rings. The molecule has 0 bridgehead atoms. The summed E-state index contributed by atoms with van der Waals surface area (Å²) in [6.07, 6.45) is -0.193. The fourth-order valence-electron chi connectivity index (χ4n) is 4.24. The molecule has 0 saturated heterocycles. The summed E-state index contributed by atoms with van der Waals surface area (Å²) in [5.41, 5.74) is -4.15. The molecule has 0 spiro atoms. The van der Waals surface area contributed by atoms with Gasteiger partial charge in [0.05, 0.1) is 24.2 Å². The Bertz CT molecular complexity index is 1170. The molecular weight excluding hydrogens is 528 g/mol. The van der Waals surface area contributed by atoms with E-state index in [-0.39, 0.29) is 23.5 Å². The van der Waals surface area contributed by atoms with Crippen LogP contribution in [0.4, 0.5) is 0 Å². The number of esters is 1. The van der Waals surface area contributed by atoms with Crippen LogP contribution in [-0.4, -0.2) is 57.6 Å². The first kappa shape index (κ1) is 29.7. The van der Waals surface area contributed by atoms with E-state index in [1.54, 1.807) is 19.9 Å². The first-order valence-corrected chi connectivity index (χ1v) is 11.8. The maximum absolute atomic E-state index is 13.1. The molecule has 36 heavy (non-hydrogen) atoms. The van der Waals surface area contributed by atoms with E-state index in [1.165, 1.54) is 33.3 Å². The maximum Gasteiger partial charge on any atom is 0.308 e. The van der Waals surface area contributed by atoms with Crippen LogP contribution in [0.1, 0.15) is 49.4 Å². The topological polar surface area (TPSA) is 114 Å². The van der Waals surface area contributed by atoms with Gasteiger partial charge in [0.25, 0.3) is 0 Å². The molecule has 0 saturated carbocycles. The fourth-order valence-corrected chi connectivity index (χ4v) is 4.72. The first-order valence-electron chi connectivity index (χ1n) is 11.0. The molecule has 190 valence electrons. The van der Waals surface area contributed by atoms with Gasteiger partial charge in [-0.3, -0.25) is 9.59 Å². The lowest BCUT2D eigenvalue weighted by atomic mass is 9.60. The minimum atomic E-state index is -2.81. The molecule has 0 aliphatic carbocycles. The number of carbonyl (C=O) groups is 2. The van der Waals surface area contributed by atoms with Crippen LogP contribution < -0.4 is 19.5 Å². The number of hydrogen-bond donors (Lipinski definition) is 3. The zero-order valence-corrected chi connectivity index (χ0v) is 23.1. The number of ether oxygens (including phenoxy) is 3. The summed E-state index contributed by atoms with van der Waals surface area (Å²) in [5, 5.41) is 24.3. The van der Waals surface area contributed by atoms with E-state index in [4.69, 9.17) is 29.9 Å². The lowest BCUT2D eigenvalue weighted by Crippen LogP contribution is -2.64. The maximum atomic E-state index is 13.1. The second-order valence-electron chi connectivity index (χ2n) is 9.38. The van der Waals surface area contributed by atoms with Gasteiger partial charge in [0.1, 0.15) is 38.6 Å². The second-order valence-corrected chi connectivity index (χ2v) is 10.2. The minimum Gasteiger partial charge on any atom is -0.496 e. The molecule has 0 heterocycles. The van der Waals surface area contributed by atoms with Crippen LogP contribution in [0, 0.1) is 13.8 Å². The number of amides is 1. The number of halogens is 1. The molecular formula is C25H30B2BrNO7. The molecule has 2 aromatic carbocycles. The van der Waals surface area contributed by atoms with Crippen LogP contribution in [-0.2, 0) is 20.5 Å². The second kappa shape index (κ2) is 10.9. The Morgan fingerprint density at radius 2 is 1.58 bits per heavy atom. The number of carbonyl (C=O) groups excluding carboxylic acids is 2. The van der Waals surface area contributed by atoms with Gasteiger partial charge in [-0.05, 0) is 59.1 Å². The highest BCUT2D eigenvalue weighted by Gasteiger charge is 2.45. The van der Waals surface area contributed by atoms with E-state index < -0.39 is 28.4 Å². The Labute approximate surface area is 222 Å². The van der Waals surface area contributed by atoms with Crippen molar-refractivity contribution in [2.24, 2.45) is 0 Å². The van der Waals surface area contributed by atoms with E-state index in [2.05, 4.69) is 21.2 Å². The third-order valence-electron chi connectivity index (χ3n) is 5.77. The van der Waals surface area contributed by atoms with Crippen molar-refractivity contribution in [2.45, 2.75) is 57.6 Å². The van der Waals surface area contributed by atoms with Crippen molar-refractivity contribution in [1.29, 1.82) is 0 Å². The number of methoxy groups -OCH3 is 2. The number of aryl methyl sites for hydroxylation is 2. The monoisotopic (exact) mass is 557 g/mol. The Kier molecular flexibility index (Phi) is 8.97. The largest absolute Gasteiger partial charge is 0.496 e. The summed E-state index contributed by atoms with van der Waals surface area (Å²) < 4.78 is 16.4. The van der Waals surface area contributed by atoms with Gasteiger partial charge in [-0.15, -0.1) is 0 Å². The van der Waals surface area contributed by atoms with E-state index in [1.807, 2.05) is 19.9 Å². The van der Waals surface area contributed by atoms with Gasteiger partial charge in [0.2, 0.25) is 5.91 Å². The third-order valence-corrected chi connectivity index (χ3v) is 6.39. The van der Waals surface area contributed by atoms with Gasteiger partial charge in [-0.25, -0.2) is 0 Å². The van der Waals surface area contributed by atoms with Crippen molar-refractivity contribution < 1.29 is 34.0 Å². The summed E-state index contributed by atoms with van der Waals surface area (Å²) in [5.74, 6) is -0.503. The Balaban J connectivity index is 2.40. The van der Waals surface area contributed by atoms with Crippen LogP contribution in [0.2, 0.25) is 0 Å². The molecule has 1 amide bonds. The van der Waals surface area contributed by atoms with Gasteiger partial charge < -0.3 is 29.7 Å². The van der Waals surface area contributed by atoms with E-state index >= 15 is 0 Å². The average Bonchev–Trinajstić information content (AvgIpc) is 2.70. The highest BCUT2D eigenvalue weighted by Crippen LogP contribution is 2.41. The molecule has 2 atom stereocenters. The zero-order valence-electron chi connectivity index (χ0n) is 21.5. The predicted octanol–water partition coefficient (Wildman–Crippen LogP) is 2.62. The van der Waals surface area contributed by atoms with Gasteiger partial charge in [-0.1, -0.05) is 19.9 Å². The van der Waals surface area contributed by atoms with Gasteiger partial charge in [0, 0.05) is 29.9 Å². The fraction of sp³-hybridized carbons (Fsp3) is 0.440.